The third kappa shape index (κ3) is 4.09. The number of hydroxylamine groups is 1. The second-order valence-electron chi connectivity index (χ2n) is 3.08. The van der Waals surface area contributed by atoms with Gasteiger partial charge in [0.2, 0.25) is 0 Å². The molecule has 4 nitrogen and oxygen atoms in total. The minimum atomic E-state index is -0.662. The minimum Gasteiger partial charge on any atom is -0.338 e. The summed E-state index contributed by atoms with van der Waals surface area (Å²) in [4.78, 5) is 27.1. The van der Waals surface area contributed by atoms with Crippen molar-refractivity contribution in [3.63, 3.8) is 0 Å². The zero-order valence-corrected chi connectivity index (χ0v) is 10.4. The fourth-order valence-electron chi connectivity index (χ4n) is 0.947. The molecule has 0 unspecified atom stereocenters. The molecule has 0 spiro atoms. The van der Waals surface area contributed by atoms with Gasteiger partial charge < -0.3 is 4.84 Å². The van der Waals surface area contributed by atoms with Crippen molar-refractivity contribution in [2.45, 2.75) is 6.92 Å². The van der Waals surface area contributed by atoms with E-state index in [0.29, 0.717) is 5.02 Å². The molecular formula is C11H9Cl2NO3. The molecule has 0 radical (unpaired) electrons. The van der Waals surface area contributed by atoms with E-state index >= 15 is 0 Å². The zero-order chi connectivity index (χ0) is 12.8. The molecule has 1 aromatic carbocycles. The fourth-order valence-corrected chi connectivity index (χ4v) is 1.34. The van der Waals surface area contributed by atoms with E-state index in [2.05, 4.69) is 10.3 Å². The Morgan fingerprint density at radius 2 is 2.12 bits per heavy atom. The Hall–Kier alpha value is -1.52. The Balaban J connectivity index is 2.65. The standard InChI is InChI=1S/C11H9Cl2NO3/c1-7(15)10(6-12)14-17-11(16)8-3-2-4-9(13)5-8/h2-6,14H,1H3/b10-6+. The molecule has 0 aliphatic rings. The number of rotatable bonds is 4. The molecule has 17 heavy (non-hydrogen) atoms. The van der Waals surface area contributed by atoms with E-state index < -0.39 is 5.97 Å². The van der Waals surface area contributed by atoms with Gasteiger partial charge in [-0.05, 0) is 18.2 Å². The first kappa shape index (κ1) is 13.5. The van der Waals surface area contributed by atoms with Crippen LogP contribution in [0.3, 0.4) is 0 Å². The van der Waals surface area contributed by atoms with Crippen molar-refractivity contribution in [2.24, 2.45) is 0 Å². The lowest BCUT2D eigenvalue weighted by Crippen LogP contribution is -2.22. The third-order valence-corrected chi connectivity index (χ3v) is 2.26. The van der Waals surface area contributed by atoms with Crippen LogP contribution in [0.15, 0.2) is 35.5 Å². The summed E-state index contributed by atoms with van der Waals surface area (Å²) >= 11 is 11.1. The highest BCUT2D eigenvalue weighted by Crippen LogP contribution is 2.11. The van der Waals surface area contributed by atoms with Crippen LogP contribution in [0.25, 0.3) is 0 Å². The first-order valence-electron chi connectivity index (χ1n) is 4.58. The molecule has 0 aromatic heterocycles. The third-order valence-electron chi connectivity index (χ3n) is 1.80. The van der Waals surface area contributed by atoms with E-state index in [1.165, 1.54) is 19.1 Å². The first-order valence-corrected chi connectivity index (χ1v) is 5.40. The maximum Gasteiger partial charge on any atom is 0.362 e. The minimum absolute atomic E-state index is 0.0120. The summed E-state index contributed by atoms with van der Waals surface area (Å²) in [6.07, 6.45) is 0. The lowest BCUT2D eigenvalue weighted by atomic mass is 10.2. The van der Waals surface area contributed by atoms with E-state index in [1.807, 2.05) is 0 Å². The smallest absolute Gasteiger partial charge is 0.338 e. The maximum absolute atomic E-state index is 11.5. The van der Waals surface area contributed by atoms with Gasteiger partial charge >= 0.3 is 5.97 Å². The van der Waals surface area contributed by atoms with Crippen LogP contribution in [-0.2, 0) is 9.63 Å². The highest BCUT2D eigenvalue weighted by molar-refractivity contribution is 6.30. The Morgan fingerprint density at radius 3 is 2.65 bits per heavy atom. The van der Waals surface area contributed by atoms with E-state index in [-0.39, 0.29) is 17.0 Å². The predicted molar refractivity (Wildman–Crippen MR) is 64.6 cm³/mol. The average Bonchev–Trinajstić information content (AvgIpc) is 2.29. The number of ketones is 1. The highest BCUT2D eigenvalue weighted by atomic mass is 35.5. The molecule has 0 saturated heterocycles. The number of nitrogens with one attached hydrogen (secondary N) is 1. The van der Waals surface area contributed by atoms with Crippen molar-refractivity contribution in [3.8, 4) is 0 Å². The summed E-state index contributed by atoms with van der Waals surface area (Å²) in [5.41, 5.74) is 3.42. The van der Waals surface area contributed by atoms with E-state index in [9.17, 15) is 9.59 Å². The SMILES string of the molecule is CC(=O)/C(=C\Cl)NOC(=O)c1cccc(Cl)c1. The van der Waals surface area contributed by atoms with E-state index in [1.54, 1.807) is 12.1 Å². The highest BCUT2D eigenvalue weighted by Gasteiger charge is 2.10. The van der Waals surface area contributed by atoms with Crippen LogP contribution >= 0.6 is 23.2 Å². The lowest BCUT2D eigenvalue weighted by Gasteiger charge is -2.07. The van der Waals surface area contributed by atoms with Gasteiger partial charge in [0.25, 0.3) is 0 Å². The number of hydrogen-bond donors (Lipinski definition) is 1. The number of halogens is 2. The van der Waals surface area contributed by atoms with Crippen molar-refractivity contribution < 1.29 is 14.4 Å². The van der Waals surface area contributed by atoms with Crippen LogP contribution < -0.4 is 5.48 Å². The topological polar surface area (TPSA) is 55.4 Å². The van der Waals surface area contributed by atoms with Gasteiger partial charge in [0.05, 0.1) is 5.56 Å². The summed E-state index contributed by atoms with van der Waals surface area (Å²) in [6.45, 7) is 1.29. The number of allylic oxidation sites excluding steroid dienone is 1. The molecule has 0 amide bonds. The zero-order valence-electron chi connectivity index (χ0n) is 8.87. The van der Waals surface area contributed by atoms with Crippen LogP contribution in [0, 0.1) is 0 Å². The number of benzene rings is 1. The molecule has 1 N–H and O–H groups in total. The van der Waals surface area contributed by atoms with Gasteiger partial charge in [0.1, 0.15) is 5.70 Å². The van der Waals surface area contributed by atoms with Crippen LogP contribution in [0.2, 0.25) is 5.02 Å². The summed E-state index contributed by atoms with van der Waals surface area (Å²) in [6, 6.07) is 6.23. The summed E-state index contributed by atoms with van der Waals surface area (Å²) in [5, 5.41) is 0.416. The Bertz CT molecular complexity index is 472. The Labute approximate surface area is 108 Å². The van der Waals surface area contributed by atoms with Crippen molar-refractivity contribution in [1.82, 2.24) is 5.48 Å². The van der Waals surface area contributed by atoms with E-state index in [0.717, 1.165) is 5.54 Å². The molecule has 0 fully saturated rings. The summed E-state index contributed by atoms with van der Waals surface area (Å²) in [5.74, 6) is -1.01. The van der Waals surface area contributed by atoms with E-state index in [4.69, 9.17) is 23.2 Å². The molecule has 0 aliphatic carbocycles. The number of hydrogen-bond acceptors (Lipinski definition) is 4. The number of carbonyl (C=O) groups is 2. The fraction of sp³-hybridized carbons (Fsp3) is 0.0909. The molecule has 0 bridgehead atoms. The second kappa shape index (κ2) is 6.27. The number of carbonyl (C=O) groups excluding carboxylic acids is 2. The Kier molecular flexibility index (Phi) is 5.00. The van der Waals surface area contributed by atoms with Gasteiger partial charge in [-0.2, -0.15) is 0 Å². The van der Waals surface area contributed by atoms with Gasteiger partial charge in [-0.3, -0.25) is 4.79 Å². The lowest BCUT2D eigenvalue weighted by molar-refractivity contribution is -0.114. The van der Waals surface area contributed by atoms with Gasteiger partial charge in [0, 0.05) is 17.5 Å². The monoisotopic (exact) mass is 273 g/mol. The first-order chi connectivity index (χ1) is 8.04. The Morgan fingerprint density at radius 1 is 1.41 bits per heavy atom. The quantitative estimate of drug-likeness (QED) is 0.677. The maximum atomic E-state index is 11.5. The molecule has 1 aromatic rings. The molecular weight excluding hydrogens is 265 g/mol. The molecule has 0 atom stereocenters. The molecule has 90 valence electrons. The van der Waals surface area contributed by atoms with Crippen LogP contribution in [0.5, 0.6) is 0 Å². The van der Waals surface area contributed by atoms with Crippen LogP contribution in [0.4, 0.5) is 0 Å². The normalized spacial score (nSPS) is 10.9. The van der Waals surface area contributed by atoms with Gasteiger partial charge in [-0.1, -0.05) is 29.3 Å². The summed E-state index contributed by atoms with van der Waals surface area (Å²) in [7, 11) is 0. The largest absolute Gasteiger partial charge is 0.362 e. The number of Topliss-reactive ketones (excluding diaryl/α,β-unsaturated/α-hetero) is 1. The van der Waals surface area contributed by atoms with Gasteiger partial charge in [-0.15, -0.1) is 0 Å². The predicted octanol–water partition coefficient (Wildman–Crippen LogP) is 2.67. The molecule has 0 saturated carbocycles. The molecule has 0 heterocycles. The molecule has 1 rings (SSSR count). The second-order valence-corrected chi connectivity index (χ2v) is 3.74. The van der Waals surface area contributed by atoms with Crippen molar-refractivity contribution in [3.05, 3.63) is 46.1 Å². The van der Waals surface area contributed by atoms with Crippen molar-refractivity contribution in [2.75, 3.05) is 0 Å². The average molecular weight is 274 g/mol. The molecule has 6 heteroatoms. The van der Waals surface area contributed by atoms with Gasteiger partial charge in [-0.25, -0.2) is 10.3 Å². The van der Waals surface area contributed by atoms with Crippen LogP contribution in [-0.4, -0.2) is 11.8 Å². The van der Waals surface area contributed by atoms with Gasteiger partial charge in [0.15, 0.2) is 5.78 Å². The summed E-state index contributed by atoms with van der Waals surface area (Å²) < 4.78 is 0. The van der Waals surface area contributed by atoms with Crippen molar-refractivity contribution >= 4 is 35.0 Å². The van der Waals surface area contributed by atoms with Crippen molar-refractivity contribution in [1.29, 1.82) is 0 Å². The van der Waals surface area contributed by atoms with Crippen LogP contribution in [0.1, 0.15) is 17.3 Å². The molecule has 0 aliphatic heterocycles.